The number of fused-ring (bicyclic) bond motifs is 1. The largest absolute Gasteiger partial charge is 0.352 e. The summed E-state index contributed by atoms with van der Waals surface area (Å²) in [4.78, 5) is 16.6. The van der Waals surface area contributed by atoms with Gasteiger partial charge in [0.2, 0.25) is 5.91 Å². The Hall–Kier alpha value is -3.14. The number of nitrogens with zero attached hydrogens (tertiary/aromatic N) is 2. The molecule has 4 nitrogen and oxygen atoms in total. The molecule has 0 aliphatic heterocycles. The van der Waals surface area contributed by atoms with E-state index in [0.29, 0.717) is 19.5 Å². The third-order valence-corrected chi connectivity index (χ3v) is 3.92. The van der Waals surface area contributed by atoms with Crippen molar-refractivity contribution in [3.05, 3.63) is 84.7 Å². The summed E-state index contributed by atoms with van der Waals surface area (Å²) in [7, 11) is 0. The summed E-state index contributed by atoms with van der Waals surface area (Å²) in [5.41, 5.74) is 3.06. The lowest BCUT2D eigenvalue weighted by atomic mass is 10.2. The van der Waals surface area contributed by atoms with Gasteiger partial charge in [-0.05, 0) is 23.8 Å². The van der Waals surface area contributed by atoms with E-state index in [-0.39, 0.29) is 5.91 Å². The number of hydrogen-bond donors (Lipinski definition) is 1. The Morgan fingerprint density at radius 3 is 2.68 bits per heavy atom. The number of benzene rings is 2. The maximum Gasteiger partial charge on any atom is 0.244 e. The Balaban J connectivity index is 1.61. The van der Waals surface area contributed by atoms with E-state index in [1.807, 2.05) is 60.7 Å². The molecule has 0 aliphatic rings. The highest BCUT2D eigenvalue weighted by molar-refractivity contribution is 5.91. The summed E-state index contributed by atoms with van der Waals surface area (Å²) >= 11 is 0. The fourth-order valence-corrected chi connectivity index (χ4v) is 2.74. The first-order chi connectivity index (χ1) is 12.3. The Kier molecular flexibility index (Phi) is 5.42. The van der Waals surface area contributed by atoms with Gasteiger partial charge in [-0.15, -0.1) is 6.58 Å². The van der Waals surface area contributed by atoms with Gasteiger partial charge in [-0.25, -0.2) is 4.98 Å². The molecule has 0 fully saturated rings. The van der Waals surface area contributed by atoms with Gasteiger partial charge < -0.3 is 9.88 Å². The van der Waals surface area contributed by atoms with Crippen LogP contribution in [0.15, 0.2) is 73.3 Å². The second-order valence-corrected chi connectivity index (χ2v) is 5.70. The Morgan fingerprint density at radius 1 is 1.12 bits per heavy atom. The quantitative estimate of drug-likeness (QED) is 0.531. The molecule has 126 valence electrons. The smallest absolute Gasteiger partial charge is 0.244 e. The highest BCUT2D eigenvalue weighted by atomic mass is 16.1. The van der Waals surface area contributed by atoms with Gasteiger partial charge in [0.05, 0.1) is 11.0 Å². The molecular weight excluding hydrogens is 310 g/mol. The maximum absolute atomic E-state index is 11.9. The normalized spacial score (nSPS) is 11.0. The van der Waals surface area contributed by atoms with Gasteiger partial charge in [-0.3, -0.25) is 4.79 Å². The lowest BCUT2D eigenvalue weighted by molar-refractivity contribution is -0.116. The highest BCUT2D eigenvalue weighted by Gasteiger charge is 2.09. The summed E-state index contributed by atoms with van der Waals surface area (Å²) in [6, 6.07) is 17.8. The third kappa shape index (κ3) is 4.23. The van der Waals surface area contributed by atoms with Crippen LogP contribution in [-0.4, -0.2) is 22.0 Å². The number of carbonyl (C=O) groups excluding carboxylic acids is 1. The molecule has 0 bridgehead atoms. The van der Waals surface area contributed by atoms with Crippen molar-refractivity contribution in [2.24, 2.45) is 0 Å². The van der Waals surface area contributed by atoms with Crippen LogP contribution in [0.4, 0.5) is 0 Å². The fraction of sp³-hybridized carbons (Fsp3) is 0.143. The van der Waals surface area contributed by atoms with Crippen molar-refractivity contribution in [2.75, 3.05) is 6.54 Å². The molecule has 1 heterocycles. The number of imidazole rings is 1. The first kappa shape index (κ1) is 16.7. The second kappa shape index (κ2) is 8.11. The molecular formula is C21H21N3O. The van der Waals surface area contributed by atoms with Crippen LogP contribution in [0.1, 0.15) is 11.4 Å². The molecule has 25 heavy (non-hydrogen) atoms. The molecule has 0 saturated carbocycles. The van der Waals surface area contributed by atoms with Gasteiger partial charge in [0.1, 0.15) is 5.82 Å². The molecule has 4 heteroatoms. The number of amides is 1. The predicted molar refractivity (Wildman–Crippen MR) is 102 cm³/mol. The van der Waals surface area contributed by atoms with Crippen molar-refractivity contribution in [2.45, 2.75) is 13.0 Å². The van der Waals surface area contributed by atoms with E-state index in [0.717, 1.165) is 22.4 Å². The molecule has 1 N–H and O–H groups in total. The van der Waals surface area contributed by atoms with Gasteiger partial charge in [0.15, 0.2) is 0 Å². The minimum atomic E-state index is -0.102. The number of carbonyl (C=O) groups is 1. The Labute approximate surface area is 147 Å². The van der Waals surface area contributed by atoms with Gasteiger partial charge in [-0.1, -0.05) is 48.5 Å². The Morgan fingerprint density at radius 2 is 1.88 bits per heavy atom. The summed E-state index contributed by atoms with van der Waals surface area (Å²) < 4.78 is 2.13. The van der Waals surface area contributed by atoms with E-state index in [9.17, 15) is 4.79 Å². The number of hydrogen-bond acceptors (Lipinski definition) is 2. The molecule has 3 rings (SSSR count). The zero-order valence-electron chi connectivity index (χ0n) is 14.1. The van der Waals surface area contributed by atoms with Gasteiger partial charge in [0, 0.05) is 25.6 Å². The van der Waals surface area contributed by atoms with Gasteiger partial charge >= 0.3 is 0 Å². The third-order valence-electron chi connectivity index (χ3n) is 3.92. The van der Waals surface area contributed by atoms with Gasteiger partial charge in [0.25, 0.3) is 0 Å². The Bertz CT molecular complexity index is 894. The molecule has 0 saturated heterocycles. The first-order valence-electron chi connectivity index (χ1n) is 8.34. The minimum Gasteiger partial charge on any atom is -0.352 e. The molecule has 1 amide bonds. The van der Waals surface area contributed by atoms with Crippen molar-refractivity contribution in [1.82, 2.24) is 14.9 Å². The van der Waals surface area contributed by atoms with E-state index < -0.39 is 0 Å². The summed E-state index contributed by atoms with van der Waals surface area (Å²) in [5.74, 6) is 0.851. The molecule has 0 radical (unpaired) electrons. The number of allylic oxidation sites excluding steroid dienone is 1. The average Bonchev–Trinajstić information content (AvgIpc) is 2.99. The SMILES string of the molecule is C=CCn1c(CCNC(=O)/C=C/c2ccccc2)nc2ccccc21. The molecule has 0 aliphatic carbocycles. The average molecular weight is 331 g/mol. The van der Waals surface area contributed by atoms with E-state index in [1.165, 1.54) is 0 Å². The zero-order chi connectivity index (χ0) is 17.5. The number of para-hydroxylation sites is 2. The molecule has 0 spiro atoms. The van der Waals surface area contributed by atoms with Crippen LogP contribution >= 0.6 is 0 Å². The molecule has 1 aromatic heterocycles. The maximum atomic E-state index is 11.9. The zero-order valence-corrected chi connectivity index (χ0v) is 14.1. The van der Waals surface area contributed by atoms with E-state index in [2.05, 4.69) is 27.5 Å². The van der Waals surface area contributed by atoms with Crippen molar-refractivity contribution >= 4 is 23.0 Å². The number of nitrogens with one attached hydrogen (secondary N) is 1. The van der Waals surface area contributed by atoms with Crippen molar-refractivity contribution in [3.8, 4) is 0 Å². The van der Waals surface area contributed by atoms with Crippen LogP contribution < -0.4 is 5.32 Å². The fourth-order valence-electron chi connectivity index (χ4n) is 2.74. The van der Waals surface area contributed by atoms with Crippen molar-refractivity contribution in [1.29, 1.82) is 0 Å². The van der Waals surface area contributed by atoms with E-state index in [4.69, 9.17) is 0 Å². The number of aromatic nitrogens is 2. The molecule has 0 atom stereocenters. The van der Waals surface area contributed by atoms with Crippen LogP contribution in [0.25, 0.3) is 17.1 Å². The van der Waals surface area contributed by atoms with Crippen molar-refractivity contribution < 1.29 is 4.79 Å². The summed E-state index contributed by atoms with van der Waals surface area (Å²) in [6.07, 6.45) is 5.90. The van der Waals surface area contributed by atoms with Crippen molar-refractivity contribution in [3.63, 3.8) is 0 Å². The van der Waals surface area contributed by atoms with Crippen LogP contribution in [-0.2, 0) is 17.8 Å². The van der Waals surface area contributed by atoms with Gasteiger partial charge in [-0.2, -0.15) is 0 Å². The molecule has 2 aromatic carbocycles. The van der Waals surface area contributed by atoms with Crippen LogP contribution in [0.2, 0.25) is 0 Å². The van der Waals surface area contributed by atoms with Crippen LogP contribution in [0.5, 0.6) is 0 Å². The topological polar surface area (TPSA) is 46.9 Å². The van der Waals surface area contributed by atoms with Crippen LogP contribution in [0.3, 0.4) is 0 Å². The first-order valence-corrected chi connectivity index (χ1v) is 8.34. The van der Waals surface area contributed by atoms with E-state index in [1.54, 1.807) is 6.08 Å². The van der Waals surface area contributed by atoms with E-state index >= 15 is 0 Å². The second-order valence-electron chi connectivity index (χ2n) is 5.70. The predicted octanol–water partition coefficient (Wildman–Crippen LogP) is 3.59. The molecule has 0 unspecified atom stereocenters. The monoisotopic (exact) mass is 331 g/mol. The highest BCUT2D eigenvalue weighted by Crippen LogP contribution is 2.16. The lowest BCUT2D eigenvalue weighted by Crippen LogP contribution is -2.24. The minimum absolute atomic E-state index is 0.102. The lowest BCUT2D eigenvalue weighted by Gasteiger charge is -2.06. The summed E-state index contributed by atoms with van der Waals surface area (Å²) in [6.45, 7) is 5.06. The molecule has 3 aromatic rings. The standard InChI is InChI=1S/C21H21N3O/c1-2-16-24-19-11-7-6-10-18(19)23-20(24)14-15-22-21(25)13-12-17-8-4-3-5-9-17/h2-13H,1,14-16H2,(H,22,25)/b13-12+. The van der Waals surface area contributed by atoms with Crippen LogP contribution in [0, 0.1) is 0 Å². The summed E-state index contributed by atoms with van der Waals surface area (Å²) in [5, 5.41) is 2.91. The number of rotatable bonds is 7.